The molecule has 0 spiro atoms. The van der Waals surface area contributed by atoms with Gasteiger partial charge in [-0.2, -0.15) is 0 Å². The zero-order valence-corrected chi connectivity index (χ0v) is 23.5. The molecular weight excluding hydrogens is 558 g/mol. The lowest BCUT2D eigenvalue weighted by Gasteiger charge is -2.25. The predicted octanol–water partition coefficient (Wildman–Crippen LogP) is 3.85. The highest BCUT2D eigenvalue weighted by molar-refractivity contribution is 8.14. The average molecular weight is 586 g/mol. The van der Waals surface area contributed by atoms with Crippen LogP contribution in [0.1, 0.15) is 24.0 Å². The molecule has 42 heavy (non-hydrogen) atoms. The minimum absolute atomic E-state index is 0.0300. The Morgan fingerprint density at radius 1 is 1.05 bits per heavy atom. The summed E-state index contributed by atoms with van der Waals surface area (Å²) in [5.74, 6) is 1.75. The molecule has 11 nitrogen and oxygen atoms in total. The second-order valence-electron chi connectivity index (χ2n) is 9.63. The fourth-order valence-corrected chi connectivity index (χ4v) is 5.52. The van der Waals surface area contributed by atoms with E-state index in [9.17, 15) is 14.4 Å². The Morgan fingerprint density at radius 3 is 2.79 bits per heavy atom. The molecule has 0 aliphatic carbocycles. The van der Waals surface area contributed by atoms with Crippen molar-refractivity contribution in [2.24, 2.45) is 9.98 Å². The Hall–Kier alpha value is -4.84. The smallest absolute Gasteiger partial charge is 0.259 e. The van der Waals surface area contributed by atoms with Gasteiger partial charge in [-0.05, 0) is 48.4 Å². The lowest BCUT2D eigenvalue weighted by molar-refractivity contribution is -0.125. The predicted molar refractivity (Wildman–Crippen MR) is 158 cm³/mol. The van der Waals surface area contributed by atoms with Crippen LogP contribution in [-0.4, -0.2) is 59.3 Å². The Balaban J connectivity index is 1.08. The third kappa shape index (κ3) is 5.79. The molecule has 3 aromatic rings. The number of rotatable bonds is 9. The van der Waals surface area contributed by atoms with Gasteiger partial charge in [-0.15, -0.1) is 0 Å². The third-order valence-corrected chi connectivity index (χ3v) is 7.74. The minimum atomic E-state index is -0.737. The molecule has 3 aliphatic rings. The number of hydrogen-bond acceptors (Lipinski definition) is 9. The summed E-state index contributed by atoms with van der Waals surface area (Å²) in [6.07, 6.45) is 0.359. The number of fused-ring (bicyclic) bond motifs is 4. The van der Waals surface area contributed by atoms with Crippen molar-refractivity contribution in [1.82, 2.24) is 10.2 Å². The number of nitrogens with zero attached hydrogens (tertiary/aromatic N) is 3. The van der Waals surface area contributed by atoms with E-state index in [1.807, 2.05) is 42.5 Å². The molecule has 0 bridgehead atoms. The number of para-hydroxylation sites is 1. The van der Waals surface area contributed by atoms with E-state index in [4.69, 9.17) is 19.2 Å². The molecule has 2 N–H and O–H groups in total. The van der Waals surface area contributed by atoms with Crippen molar-refractivity contribution in [3.8, 4) is 17.2 Å². The SMILES string of the molecule is COc1cccc(NC(=O)CSC2=Nc3ccccc3C3=N[C@H](CCC(=O)NCc4ccc5c(c4)OCO5)C(=O)N23)c1. The zero-order valence-electron chi connectivity index (χ0n) is 22.7. The Labute approximate surface area is 246 Å². The first-order valence-corrected chi connectivity index (χ1v) is 14.3. The number of methoxy groups -OCH3 is 1. The van der Waals surface area contributed by atoms with Gasteiger partial charge >= 0.3 is 0 Å². The number of nitrogens with one attached hydrogen (secondary N) is 2. The number of aliphatic imine (C=N–C) groups is 2. The van der Waals surface area contributed by atoms with Crippen LogP contribution >= 0.6 is 11.8 Å². The van der Waals surface area contributed by atoms with Gasteiger partial charge in [0.25, 0.3) is 5.91 Å². The lowest BCUT2D eigenvalue weighted by Crippen LogP contribution is -2.41. The van der Waals surface area contributed by atoms with Gasteiger partial charge in [-0.25, -0.2) is 9.89 Å². The van der Waals surface area contributed by atoms with Gasteiger partial charge in [0.05, 0.1) is 18.6 Å². The number of anilines is 1. The first kappa shape index (κ1) is 27.3. The number of carbonyl (C=O) groups excluding carboxylic acids is 3. The van der Waals surface area contributed by atoms with Gasteiger partial charge in [0, 0.05) is 30.3 Å². The van der Waals surface area contributed by atoms with Gasteiger partial charge in [0.15, 0.2) is 16.7 Å². The van der Waals surface area contributed by atoms with Crippen molar-refractivity contribution in [3.05, 3.63) is 77.9 Å². The number of hydrogen-bond donors (Lipinski definition) is 2. The van der Waals surface area contributed by atoms with Crippen LogP contribution in [-0.2, 0) is 20.9 Å². The topological polar surface area (TPSA) is 131 Å². The highest BCUT2D eigenvalue weighted by Gasteiger charge is 2.41. The highest BCUT2D eigenvalue weighted by Crippen LogP contribution is 2.35. The summed E-state index contributed by atoms with van der Waals surface area (Å²) in [5, 5.41) is 6.09. The van der Waals surface area contributed by atoms with Crippen molar-refractivity contribution in [2.45, 2.75) is 25.4 Å². The first-order valence-electron chi connectivity index (χ1n) is 13.3. The largest absolute Gasteiger partial charge is 0.497 e. The first-order chi connectivity index (χ1) is 20.5. The molecule has 0 radical (unpaired) electrons. The van der Waals surface area contributed by atoms with E-state index < -0.39 is 6.04 Å². The zero-order chi connectivity index (χ0) is 29.1. The van der Waals surface area contributed by atoms with E-state index >= 15 is 0 Å². The molecular formula is C30H27N5O6S. The van der Waals surface area contributed by atoms with Crippen molar-refractivity contribution >= 4 is 51.9 Å². The summed E-state index contributed by atoms with van der Waals surface area (Å²) in [6, 6.07) is 19.2. The van der Waals surface area contributed by atoms with Gasteiger partial charge < -0.3 is 24.8 Å². The van der Waals surface area contributed by atoms with Crippen molar-refractivity contribution in [1.29, 1.82) is 0 Å². The highest BCUT2D eigenvalue weighted by atomic mass is 32.2. The summed E-state index contributed by atoms with van der Waals surface area (Å²) in [4.78, 5) is 49.7. The van der Waals surface area contributed by atoms with Gasteiger partial charge in [-0.3, -0.25) is 19.4 Å². The maximum Gasteiger partial charge on any atom is 0.259 e. The second-order valence-corrected chi connectivity index (χ2v) is 10.6. The number of benzene rings is 3. The fourth-order valence-electron chi connectivity index (χ4n) is 4.72. The number of amidine groups is 2. The monoisotopic (exact) mass is 585 g/mol. The minimum Gasteiger partial charge on any atom is -0.497 e. The van der Waals surface area contributed by atoms with Gasteiger partial charge in [-0.1, -0.05) is 36.0 Å². The van der Waals surface area contributed by atoms with Gasteiger partial charge in [0.1, 0.15) is 17.6 Å². The summed E-state index contributed by atoms with van der Waals surface area (Å²) in [6.45, 7) is 0.513. The molecule has 3 heterocycles. The van der Waals surface area contributed by atoms with E-state index in [-0.39, 0.29) is 43.1 Å². The molecule has 0 fully saturated rings. The molecule has 0 saturated heterocycles. The Morgan fingerprint density at radius 2 is 1.90 bits per heavy atom. The number of carbonyl (C=O) groups is 3. The standard InChI is InChI=1S/C30H27N5O6S/c1-39-20-6-4-5-19(14-20)32-27(37)16-42-30-34-22-8-3-2-7-21(22)28-33-23(29(38)35(28)30)10-12-26(36)31-15-18-9-11-24-25(13-18)41-17-40-24/h2-9,11,13-14,23H,10,12,15-17H2,1H3,(H,31,36)(H,32,37)/t23-/m1/s1. The molecule has 0 unspecified atom stereocenters. The van der Waals surface area contributed by atoms with Crippen LogP contribution in [0.4, 0.5) is 11.4 Å². The molecule has 3 aromatic carbocycles. The molecule has 1 atom stereocenters. The number of thioether (sulfide) groups is 1. The van der Waals surface area contributed by atoms with Crippen molar-refractivity contribution < 1.29 is 28.6 Å². The molecule has 6 rings (SSSR count). The molecule has 214 valence electrons. The summed E-state index contributed by atoms with van der Waals surface area (Å²) < 4.78 is 15.9. The molecule has 3 aliphatic heterocycles. The number of amides is 3. The summed E-state index contributed by atoms with van der Waals surface area (Å²) in [5.41, 5.74) is 2.88. The van der Waals surface area contributed by atoms with Crippen LogP contribution < -0.4 is 24.8 Å². The van der Waals surface area contributed by atoms with E-state index in [1.54, 1.807) is 31.4 Å². The van der Waals surface area contributed by atoms with Crippen LogP contribution in [0.25, 0.3) is 0 Å². The van der Waals surface area contributed by atoms with Crippen LogP contribution in [0.5, 0.6) is 17.2 Å². The van der Waals surface area contributed by atoms with E-state index in [2.05, 4.69) is 15.6 Å². The van der Waals surface area contributed by atoms with Crippen molar-refractivity contribution in [2.75, 3.05) is 25.0 Å². The van der Waals surface area contributed by atoms with Gasteiger partial charge in [0.2, 0.25) is 18.6 Å². The van der Waals surface area contributed by atoms with E-state index in [1.165, 1.54) is 4.90 Å². The summed E-state index contributed by atoms with van der Waals surface area (Å²) >= 11 is 1.15. The van der Waals surface area contributed by atoms with Crippen LogP contribution in [0.15, 0.2) is 76.7 Å². The molecule has 3 amide bonds. The summed E-state index contributed by atoms with van der Waals surface area (Å²) in [7, 11) is 1.56. The average Bonchev–Trinajstić information content (AvgIpc) is 3.62. The molecule has 12 heteroatoms. The Bertz CT molecular complexity index is 1620. The van der Waals surface area contributed by atoms with Crippen LogP contribution in [0.2, 0.25) is 0 Å². The second kappa shape index (κ2) is 12.0. The third-order valence-electron chi connectivity index (χ3n) is 6.81. The quantitative estimate of drug-likeness (QED) is 0.390. The maximum atomic E-state index is 13.5. The van der Waals surface area contributed by atoms with Crippen LogP contribution in [0.3, 0.4) is 0 Å². The van der Waals surface area contributed by atoms with Crippen LogP contribution in [0, 0.1) is 0 Å². The van der Waals surface area contributed by atoms with Crippen molar-refractivity contribution in [3.63, 3.8) is 0 Å². The Kier molecular flexibility index (Phi) is 7.78. The van der Waals surface area contributed by atoms with E-state index in [0.717, 1.165) is 22.9 Å². The molecule has 0 saturated carbocycles. The fraction of sp³-hybridized carbons (Fsp3) is 0.233. The lowest BCUT2D eigenvalue weighted by atomic mass is 10.1. The number of ether oxygens (including phenoxy) is 3. The molecule has 0 aromatic heterocycles. The van der Waals surface area contributed by atoms with E-state index in [0.29, 0.717) is 46.2 Å². The normalized spacial score (nSPS) is 16.3. The maximum absolute atomic E-state index is 13.5.